The molecule has 0 amide bonds. The smallest absolute Gasteiger partial charge is 0.333 e. The number of hydrogen-bond acceptors (Lipinski definition) is 5. The molecule has 96 valence electrons. The molecule has 0 aliphatic heterocycles. The molecule has 0 aliphatic carbocycles. The number of carbonyl (C=O) groups excluding carboxylic acids is 2. The summed E-state index contributed by atoms with van der Waals surface area (Å²) in [5, 5.41) is 8.75. The van der Waals surface area contributed by atoms with E-state index in [0.717, 1.165) is 17.7 Å². The molecule has 1 aromatic rings. The van der Waals surface area contributed by atoms with Gasteiger partial charge in [-0.15, -0.1) is 0 Å². The van der Waals surface area contributed by atoms with Gasteiger partial charge in [0.1, 0.15) is 6.61 Å². The Balaban J connectivity index is 2.34. The number of rotatable bonds is 5. The molecule has 5 nitrogen and oxygen atoms in total. The summed E-state index contributed by atoms with van der Waals surface area (Å²) >= 11 is 0. The van der Waals surface area contributed by atoms with Crippen molar-refractivity contribution in [3.63, 3.8) is 0 Å². The van der Waals surface area contributed by atoms with Gasteiger partial charge in [0.2, 0.25) is 0 Å². The molecule has 0 spiro atoms. The standard InChI is InChI=1S/C13H14O5/c1-10(14)18-13(16)8-7-12(15)17-9-11-5-3-2-4-6-11/h2-8,10,14H,9H2,1H3. The molecule has 0 radical (unpaired) electrons. The normalized spacial score (nSPS) is 12.1. The van der Waals surface area contributed by atoms with Crippen molar-refractivity contribution in [1.29, 1.82) is 0 Å². The first-order chi connectivity index (χ1) is 8.58. The van der Waals surface area contributed by atoms with Gasteiger partial charge in [0.25, 0.3) is 0 Å². The number of esters is 2. The Morgan fingerprint density at radius 3 is 2.44 bits per heavy atom. The first-order valence-electron chi connectivity index (χ1n) is 5.35. The van der Waals surface area contributed by atoms with E-state index in [-0.39, 0.29) is 6.61 Å². The molecular formula is C13H14O5. The van der Waals surface area contributed by atoms with Crippen molar-refractivity contribution >= 4 is 11.9 Å². The average molecular weight is 250 g/mol. The largest absolute Gasteiger partial charge is 0.458 e. The second-order valence-corrected chi connectivity index (χ2v) is 3.46. The fourth-order valence-corrected chi connectivity index (χ4v) is 1.12. The Kier molecular flexibility index (Phi) is 5.60. The van der Waals surface area contributed by atoms with Crippen LogP contribution in [0.15, 0.2) is 42.5 Å². The highest BCUT2D eigenvalue weighted by molar-refractivity contribution is 5.91. The van der Waals surface area contributed by atoms with Gasteiger partial charge in [-0.1, -0.05) is 30.3 Å². The van der Waals surface area contributed by atoms with Crippen molar-refractivity contribution in [1.82, 2.24) is 0 Å². The van der Waals surface area contributed by atoms with Crippen LogP contribution >= 0.6 is 0 Å². The fraction of sp³-hybridized carbons (Fsp3) is 0.231. The second kappa shape index (κ2) is 7.24. The molecule has 0 bridgehead atoms. The Bertz CT molecular complexity index is 422. The minimum absolute atomic E-state index is 0.134. The van der Waals surface area contributed by atoms with Crippen LogP contribution in [0.3, 0.4) is 0 Å². The Morgan fingerprint density at radius 2 is 1.83 bits per heavy atom. The number of carbonyl (C=O) groups is 2. The molecule has 1 rings (SSSR count). The van der Waals surface area contributed by atoms with E-state index in [4.69, 9.17) is 9.84 Å². The lowest BCUT2D eigenvalue weighted by atomic mass is 10.2. The van der Waals surface area contributed by atoms with E-state index in [1.54, 1.807) is 0 Å². The van der Waals surface area contributed by atoms with Gasteiger partial charge in [-0.2, -0.15) is 0 Å². The van der Waals surface area contributed by atoms with E-state index < -0.39 is 18.2 Å². The van der Waals surface area contributed by atoms with E-state index >= 15 is 0 Å². The molecule has 0 saturated heterocycles. The number of benzene rings is 1. The van der Waals surface area contributed by atoms with Crippen LogP contribution in [0, 0.1) is 0 Å². The average Bonchev–Trinajstić information content (AvgIpc) is 2.34. The molecule has 0 aromatic heterocycles. The van der Waals surface area contributed by atoms with Crippen molar-refractivity contribution in [2.45, 2.75) is 19.8 Å². The van der Waals surface area contributed by atoms with Gasteiger partial charge < -0.3 is 14.6 Å². The van der Waals surface area contributed by atoms with Crippen LogP contribution in [0.25, 0.3) is 0 Å². The SMILES string of the molecule is CC(O)OC(=O)C=CC(=O)OCc1ccccc1. The van der Waals surface area contributed by atoms with E-state index in [0.29, 0.717) is 0 Å². The lowest BCUT2D eigenvalue weighted by Crippen LogP contribution is -2.12. The van der Waals surface area contributed by atoms with Gasteiger partial charge in [0, 0.05) is 12.2 Å². The highest BCUT2D eigenvalue weighted by Crippen LogP contribution is 2.01. The predicted octanol–water partition coefficient (Wildman–Crippen LogP) is 1.17. The Hall–Kier alpha value is -2.14. The van der Waals surface area contributed by atoms with Crippen molar-refractivity contribution < 1.29 is 24.2 Å². The maximum Gasteiger partial charge on any atom is 0.333 e. The third-order valence-electron chi connectivity index (χ3n) is 1.87. The van der Waals surface area contributed by atoms with Gasteiger partial charge in [0.15, 0.2) is 6.29 Å². The Labute approximate surface area is 105 Å². The molecule has 18 heavy (non-hydrogen) atoms. The minimum Gasteiger partial charge on any atom is -0.458 e. The van der Waals surface area contributed by atoms with Gasteiger partial charge >= 0.3 is 11.9 Å². The first kappa shape index (κ1) is 13.9. The summed E-state index contributed by atoms with van der Waals surface area (Å²) in [4.78, 5) is 22.2. The van der Waals surface area contributed by atoms with Gasteiger partial charge in [-0.05, 0) is 12.5 Å². The van der Waals surface area contributed by atoms with Crippen LogP contribution in [-0.2, 0) is 25.7 Å². The number of aliphatic hydroxyl groups is 1. The van der Waals surface area contributed by atoms with E-state index in [1.807, 2.05) is 30.3 Å². The summed E-state index contributed by atoms with van der Waals surface area (Å²) in [5.74, 6) is -1.46. The van der Waals surface area contributed by atoms with Crippen molar-refractivity contribution in [2.24, 2.45) is 0 Å². The molecule has 0 fully saturated rings. The van der Waals surface area contributed by atoms with Crippen LogP contribution in [0.5, 0.6) is 0 Å². The second-order valence-electron chi connectivity index (χ2n) is 3.46. The summed E-state index contributed by atoms with van der Waals surface area (Å²) in [6, 6.07) is 9.16. The zero-order valence-electron chi connectivity index (χ0n) is 9.91. The highest BCUT2D eigenvalue weighted by Gasteiger charge is 2.03. The monoisotopic (exact) mass is 250 g/mol. The summed E-state index contributed by atoms with van der Waals surface area (Å²) in [6.45, 7) is 1.43. The summed E-state index contributed by atoms with van der Waals surface area (Å²) in [7, 11) is 0. The zero-order chi connectivity index (χ0) is 13.4. The molecule has 5 heteroatoms. The lowest BCUT2D eigenvalue weighted by Gasteiger charge is -2.03. The topological polar surface area (TPSA) is 72.8 Å². The van der Waals surface area contributed by atoms with E-state index in [1.165, 1.54) is 6.92 Å². The molecule has 0 saturated carbocycles. The molecule has 1 N–H and O–H groups in total. The number of ether oxygens (including phenoxy) is 2. The van der Waals surface area contributed by atoms with Gasteiger partial charge in [-0.25, -0.2) is 9.59 Å². The molecule has 1 aromatic carbocycles. The third-order valence-corrected chi connectivity index (χ3v) is 1.87. The number of aliphatic hydroxyl groups excluding tert-OH is 1. The summed E-state index contributed by atoms with van der Waals surface area (Å²) in [6.07, 6.45) is 0.649. The molecule has 0 aliphatic rings. The molecular weight excluding hydrogens is 236 g/mol. The fourth-order valence-electron chi connectivity index (χ4n) is 1.12. The van der Waals surface area contributed by atoms with Crippen molar-refractivity contribution in [3.05, 3.63) is 48.0 Å². The lowest BCUT2D eigenvalue weighted by molar-refractivity contribution is -0.158. The van der Waals surface area contributed by atoms with E-state index in [9.17, 15) is 9.59 Å². The summed E-state index contributed by atoms with van der Waals surface area (Å²) < 4.78 is 9.27. The molecule has 1 atom stereocenters. The van der Waals surface area contributed by atoms with Gasteiger partial charge in [-0.3, -0.25) is 0 Å². The molecule has 0 heterocycles. The summed E-state index contributed by atoms with van der Waals surface area (Å²) in [5.41, 5.74) is 0.853. The van der Waals surface area contributed by atoms with Crippen LogP contribution in [0.1, 0.15) is 12.5 Å². The molecule has 1 unspecified atom stereocenters. The predicted molar refractivity (Wildman–Crippen MR) is 63.2 cm³/mol. The minimum atomic E-state index is -1.21. The van der Waals surface area contributed by atoms with Crippen LogP contribution < -0.4 is 0 Å². The van der Waals surface area contributed by atoms with Crippen molar-refractivity contribution in [3.8, 4) is 0 Å². The first-order valence-corrected chi connectivity index (χ1v) is 5.35. The highest BCUT2D eigenvalue weighted by atomic mass is 16.6. The number of hydrogen-bond donors (Lipinski definition) is 1. The van der Waals surface area contributed by atoms with Crippen LogP contribution in [-0.4, -0.2) is 23.3 Å². The van der Waals surface area contributed by atoms with E-state index in [2.05, 4.69) is 4.74 Å². The Morgan fingerprint density at radius 1 is 1.22 bits per heavy atom. The van der Waals surface area contributed by atoms with Crippen LogP contribution in [0.2, 0.25) is 0 Å². The third kappa shape index (κ3) is 5.81. The van der Waals surface area contributed by atoms with Crippen LogP contribution in [0.4, 0.5) is 0 Å². The maximum absolute atomic E-state index is 11.2. The van der Waals surface area contributed by atoms with Gasteiger partial charge in [0.05, 0.1) is 0 Å². The maximum atomic E-state index is 11.2. The zero-order valence-corrected chi connectivity index (χ0v) is 9.91. The quantitative estimate of drug-likeness (QED) is 0.482. The van der Waals surface area contributed by atoms with Crippen molar-refractivity contribution in [2.75, 3.05) is 0 Å².